The van der Waals surface area contributed by atoms with Crippen LogP contribution >= 0.6 is 0 Å². The molecule has 1 aromatic carbocycles. The fourth-order valence-corrected chi connectivity index (χ4v) is 2.54. The number of hydrogen-bond acceptors (Lipinski definition) is 5. The van der Waals surface area contributed by atoms with E-state index >= 15 is 0 Å². The van der Waals surface area contributed by atoms with Gasteiger partial charge in [-0.25, -0.2) is 0 Å². The van der Waals surface area contributed by atoms with E-state index in [0.29, 0.717) is 18.5 Å². The number of methoxy groups -OCH3 is 1. The third-order valence-electron chi connectivity index (χ3n) is 3.59. The Bertz CT molecular complexity index is 570. The largest absolute Gasteiger partial charge is 0.490 e. The molecule has 7 nitrogen and oxygen atoms in total. The quantitative estimate of drug-likeness (QED) is 0.675. The molecule has 0 radical (unpaired) electrons. The van der Waals surface area contributed by atoms with Gasteiger partial charge in [-0.1, -0.05) is 0 Å². The van der Waals surface area contributed by atoms with Crippen LogP contribution in [0.2, 0.25) is 0 Å². The number of amides is 1. The molecule has 0 bridgehead atoms. The predicted molar refractivity (Wildman–Crippen MR) is 75.4 cm³/mol. The standard InChI is InChI=1S/C14H18N2O5/c1-14(18)6-3-7-15(9-14)13(17)10-4-5-11(16(19)20)12(8-10)21-2/h4-5,8,18H,3,6-7,9H2,1-2H3. The van der Waals surface area contributed by atoms with Crippen LogP contribution < -0.4 is 4.74 Å². The highest BCUT2D eigenvalue weighted by Crippen LogP contribution is 2.29. The Balaban J connectivity index is 2.25. The smallest absolute Gasteiger partial charge is 0.310 e. The van der Waals surface area contributed by atoms with Crippen molar-refractivity contribution in [3.63, 3.8) is 0 Å². The van der Waals surface area contributed by atoms with E-state index in [2.05, 4.69) is 0 Å². The number of β-amino-alcohol motifs (C(OH)–C–C–N with tert-alkyl or cyclic N) is 1. The van der Waals surface area contributed by atoms with Crippen LogP contribution in [-0.2, 0) is 0 Å². The van der Waals surface area contributed by atoms with Crippen LogP contribution in [0.15, 0.2) is 18.2 Å². The Kier molecular flexibility index (Phi) is 4.13. The lowest BCUT2D eigenvalue weighted by atomic mass is 9.94. The van der Waals surface area contributed by atoms with E-state index in [9.17, 15) is 20.0 Å². The summed E-state index contributed by atoms with van der Waals surface area (Å²) in [6, 6.07) is 4.03. The number of benzene rings is 1. The molecule has 1 aromatic rings. The lowest BCUT2D eigenvalue weighted by Gasteiger charge is -2.36. The molecular weight excluding hydrogens is 276 g/mol. The van der Waals surface area contributed by atoms with Crippen LogP contribution in [0, 0.1) is 10.1 Å². The van der Waals surface area contributed by atoms with E-state index < -0.39 is 10.5 Å². The third-order valence-corrected chi connectivity index (χ3v) is 3.59. The lowest BCUT2D eigenvalue weighted by molar-refractivity contribution is -0.385. The van der Waals surface area contributed by atoms with Crippen molar-refractivity contribution in [2.24, 2.45) is 0 Å². The molecule has 0 spiro atoms. The number of nitro benzene ring substituents is 1. The van der Waals surface area contributed by atoms with Gasteiger partial charge in [0.1, 0.15) is 0 Å². The first kappa shape index (κ1) is 15.2. The van der Waals surface area contributed by atoms with Gasteiger partial charge >= 0.3 is 5.69 Å². The van der Waals surface area contributed by atoms with E-state index in [-0.39, 0.29) is 23.9 Å². The molecule has 21 heavy (non-hydrogen) atoms. The van der Waals surface area contributed by atoms with Crippen LogP contribution in [0.25, 0.3) is 0 Å². The number of hydrogen-bond donors (Lipinski definition) is 1. The Labute approximate surface area is 122 Å². The molecule has 0 aromatic heterocycles. The highest BCUT2D eigenvalue weighted by atomic mass is 16.6. The first-order valence-corrected chi connectivity index (χ1v) is 6.68. The monoisotopic (exact) mass is 294 g/mol. The maximum Gasteiger partial charge on any atom is 0.310 e. The summed E-state index contributed by atoms with van der Waals surface area (Å²) < 4.78 is 4.96. The summed E-state index contributed by atoms with van der Waals surface area (Å²) in [5.74, 6) is -0.210. The maximum atomic E-state index is 12.4. The second-order valence-corrected chi connectivity index (χ2v) is 5.47. The van der Waals surface area contributed by atoms with E-state index in [1.807, 2.05) is 0 Å². The molecule has 1 atom stereocenters. The van der Waals surface area contributed by atoms with Gasteiger partial charge in [0.25, 0.3) is 5.91 Å². The first-order valence-electron chi connectivity index (χ1n) is 6.68. The molecule has 1 fully saturated rings. The molecule has 1 aliphatic rings. The van der Waals surface area contributed by atoms with Crippen molar-refractivity contribution < 1.29 is 19.6 Å². The molecule has 114 valence electrons. The Hall–Kier alpha value is -2.15. The number of rotatable bonds is 3. The summed E-state index contributed by atoms with van der Waals surface area (Å²) in [6.07, 6.45) is 1.38. The summed E-state index contributed by atoms with van der Waals surface area (Å²) in [5.41, 5.74) is -0.756. The van der Waals surface area contributed by atoms with Crippen molar-refractivity contribution in [3.05, 3.63) is 33.9 Å². The maximum absolute atomic E-state index is 12.4. The molecule has 1 unspecified atom stereocenters. The molecule has 0 saturated carbocycles. The van der Waals surface area contributed by atoms with Gasteiger partial charge in [-0.2, -0.15) is 0 Å². The average molecular weight is 294 g/mol. The van der Waals surface area contributed by atoms with E-state index in [1.165, 1.54) is 25.3 Å². The minimum Gasteiger partial charge on any atom is -0.490 e. The van der Waals surface area contributed by atoms with Gasteiger partial charge in [0, 0.05) is 30.8 Å². The van der Waals surface area contributed by atoms with E-state index in [0.717, 1.165) is 6.42 Å². The van der Waals surface area contributed by atoms with Gasteiger partial charge < -0.3 is 14.7 Å². The fraction of sp³-hybridized carbons (Fsp3) is 0.500. The lowest BCUT2D eigenvalue weighted by Crippen LogP contribution is -2.48. The van der Waals surface area contributed by atoms with Gasteiger partial charge in [0.2, 0.25) is 0 Å². The number of likely N-dealkylation sites (tertiary alicyclic amines) is 1. The van der Waals surface area contributed by atoms with Crippen molar-refractivity contribution in [1.82, 2.24) is 4.90 Å². The second-order valence-electron chi connectivity index (χ2n) is 5.47. The Morgan fingerprint density at radius 2 is 2.24 bits per heavy atom. The number of nitrogens with zero attached hydrogens (tertiary/aromatic N) is 2. The summed E-state index contributed by atoms with van der Waals surface area (Å²) in [4.78, 5) is 24.3. The first-order chi connectivity index (χ1) is 9.84. The number of aliphatic hydroxyl groups is 1. The zero-order valence-corrected chi connectivity index (χ0v) is 12.0. The highest BCUT2D eigenvalue weighted by molar-refractivity contribution is 5.95. The molecule has 1 N–H and O–H groups in total. The van der Waals surface area contributed by atoms with Crippen LogP contribution in [-0.4, -0.2) is 46.6 Å². The van der Waals surface area contributed by atoms with Crippen molar-refractivity contribution in [2.75, 3.05) is 20.2 Å². The second kappa shape index (κ2) is 5.69. The molecule has 1 aliphatic heterocycles. The molecule has 1 heterocycles. The number of carbonyl (C=O) groups excluding carboxylic acids is 1. The number of carbonyl (C=O) groups is 1. The van der Waals surface area contributed by atoms with Crippen molar-refractivity contribution in [1.29, 1.82) is 0 Å². The zero-order chi connectivity index (χ0) is 15.6. The molecule has 7 heteroatoms. The molecule has 1 saturated heterocycles. The fourth-order valence-electron chi connectivity index (χ4n) is 2.54. The summed E-state index contributed by atoms with van der Waals surface area (Å²) in [6.45, 7) is 2.52. The molecule has 1 amide bonds. The van der Waals surface area contributed by atoms with E-state index in [4.69, 9.17) is 4.74 Å². The summed E-state index contributed by atoms with van der Waals surface area (Å²) in [7, 11) is 1.32. The van der Waals surface area contributed by atoms with Gasteiger partial charge in [-0.05, 0) is 25.8 Å². The van der Waals surface area contributed by atoms with Gasteiger partial charge in [0.05, 0.1) is 17.6 Å². The number of nitro groups is 1. The minimum absolute atomic E-state index is 0.0506. The molecule has 2 rings (SSSR count). The van der Waals surface area contributed by atoms with Crippen molar-refractivity contribution in [3.8, 4) is 5.75 Å². The Morgan fingerprint density at radius 1 is 1.52 bits per heavy atom. The highest BCUT2D eigenvalue weighted by Gasteiger charge is 2.31. The third kappa shape index (κ3) is 3.30. The molecule has 0 aliphatic carbocycles. The van der Waals surface area contributed by atoms with Gasteiger partial charge in [-0.15, -0.1) is 0 Å². The minimum atomic E-state index is -0.890. The number of ether oxygens (including phenoxy) is 1. The normalized spacial score (nSPS) is 22.0. The van der Waals surface area contributed by atoms with Crippen molar-refractivity contribution >= 4 is 11.6 Å². The summed E-state index contributed by atoms with van der Waals surface area (Å²) >= 11 is 0. The van der Waals surface area contributed by atoms with Crippen LogP contribution in [0.5, 0.6) is 5.75 Å². The Morgan fingerprint density at radius 3 is 2.81 bits per heavy atom. The topological polar surface area (TPSA) is 92.9 Å². The average Bonchev–Trinajstić information content (AvgIpc) is 2.44. The zero-order valence-electron chi connectivity index (χ0n) is 12.0. The predicted octanol–water partition coefficient (Wildman–Crippen LogP) is 1.59. The number of piperidine rings is 1. The van der Waals surface area contributed by atoms with Crippen molar-refractivity contribution in [2.45, 2.75) is 25.4 Å². The van der Waals surface area contributed by atoms with Gasteiger partial charge in [0.15, 0.2) is 5.75 Å². The molecular formula is C14H18N2O5. The van der Waals surface area contributed by atoms with Crippen LogP contribution in [0.3, 0.4) is 0 Å². The van der Waals surface area contributed by atoms with E-state index in [1.54, 1.807) is 11.8 Å². The van der Waals surface area contributed by atoms with Crippen LogP contribution in [0.4, 0.5) is 5.69 Å². The van der Waals surface area contributed by atoms with Gasteiger partial charge in [-0.3, -0.25) is 14.9 Å². The van der Waals surface area contributed by atoms with Crippen LogP contribution in [0.1, 0.15) is 30.1 Å². The summed E-state index contributed by atoms with van der Waals surface area (Å²) in [5, 5.41) is 20.9. The SMILES string of the molecule is COc1cc(C(=O)N2CCCC(C)(O)C2)ccc1[N+](=O)[O-].